The van der Waals surface area contributed by atoms with Crippen LogP contribution in [-0.2, 0) is 15.1 Å². The number of carboxylic acids is 1. The van der Waals surface area contributed by atoms with Crippen LogP contribution in [0.3, 0.4) is 0 Å². The van der Waals surface area contributed by atoms with Crippen LogP contribution in [0.5, 0.6) is 0 Å². The quantitative estimate of drug-likeness (QED) is 0.834. The molecule has 0 aromatic heterocycles. The molecule has 1 aromatic carbocycles. The number of nitrogens with one attached hydrogen (secondary N) is 1. The van der Waals surface area contributed by atoms with Crippen LogP contribution in [0.2, 0.25) is 0 Å². The molecule has 1 fully saturated rings. The summed E-state index contributed by atoms with van der Waals surface area (Å²) in [5, 5.41) is 12.1. The van der Waals surface area contributed by atoms with Gasteiger partial charge in [0, 0.05) is 0 Å². The summed E-state index contributed by atoms with van der Waals surface area (Å²) in [6, 6.07) is 9.29. The predicted octanol–water partition coefficient (Wildman–Crippen LogP) is 1.59. The summed E-state index contributed by atoms with van der Waals surface area (Å²) in [6.07, 6.45) is 2.96. The molecule has 21 heavy (non-hydrogen) atoms. The zero-order valence-electron chi connectivity index (χ0n) is 12.5. The molecule has 2 N–H and O–H groups in total. The summed E-state index contributed by atoms with van der Waals surface area (Å²) in [5.41, 5.74) is 0.851. The number of hydrogen-bond acceptors (Lipinski definition) is 3. The van der Waals surface area contributed by atoms with Gasteiger partial charge in [-0.05, 0) is 38.8 Å². The molecule has 0 saturated heterocycles. The minimum atomic E-state index is -0.924. The van der Waals surface area contributed by atoms with Gasteiger partial charge in [0.05, 0.1) is 12.1 Å². The van der Waals surface area contributed by atoms with Crippen molar-refractivity contribution in [1.29, 1.82) is 0 Å². The Labute approximate surface area is 125 Å². The Morgan fingerprint density at radius 2 is 1.95 bits per heavy atom. The molecular formula is C16H22N2O3. The van der Waals surface area contributed by atoms with Gasteiger partial charge in [-0.15, -0.1) is 0 Å². The standard InChI is InChI=1S/C16H22N2O3/c1-12(15(20)21)18(2)11-14(19)17-16(9-6-10-16)13-7-4-3-5-8-13/h3-5,7-8,12H,6,9-11H2,1-2H3,(H,17,19)(H,20,21). The number of hydrogen-bond donors (Lipinski definition) is 2. The van der Waals surface area contributed by atoms with Gasteiger partial charge in [0.1, 0.15) is 6.04 Å². The molecule has 1 atom stereocenters. The van der Waals surface area contributed by atoms with Gasteiger partial charge in [-0.2, -0.15) is 0 Å². The number of carbonyl (C=O) groups is 2. The SMILES string of the molecule is CC(C(=O)O)N(C)CC(=O)NC1(c2ccccc2)CCC1. The fraction of sp³-hybridized carbons (Fsp3) is 0.500. The maximum atomic E-state index is 12.2. The van der Waals surface area contributed by atoms with Crippen LogP contribution >= 0.6 is 0 Å². The van der Waals surface area contributed by atoms with E-state index in [1.807, 2.05) is 30.3 Å². The number of carbonyl (C=O) groups excluding carboxylic acids is 1. The van der Waals surface area contributed by atoms with Crippen LogP contribution < -0.4 is 5.32 Å². The molecular weight excluding hydrogens is 268 g/mol. The lowest BCUT2D eigenvalue weighted by atomic mass is 9.72. The fourth-order valence-electron chi connectivity index (χ4n) is 2.63. The average molecular weight is 290 g/mol. The van der Waals surface area contributed by atoms with E-state index < -0.39 is 12.0 Å². The van der Waals surface area contributed by atoms with Gasteiger partial charge in [-0.1, -0.05) is 30.3 Å². The smallest absolute Gasteiger partial charge is 0.320 e. The summed E-state index contributed by atoms with van der Waals surface area (Å²) >= 11 is 0. The third kappa shape index (κ3) is 3.42. The molecule has 0 aliphatic heterocycles. The topological polar surface area (TPSA) is 69.6 Å². The first-order valence-electron chi connectivity index (χ1n) is 7.24. The highest BCUT2D eigenvalue weighted by Gasteiger charge is 2.40. The molecule has 0 radical (unpaired) electrons. The average Bonchev–Trinajstić information content (AvgIpc) is 2.42. The molecule has 1 aliphatic carbocycles. The van der Waals surface area contributed by atoms with Crippen LogP contribution in [0.25, 0.3) is 0 Å². The van der Waals surface area contributed by atoms with Crippen LogP contribution in [0.1, 0.15) is 31.7 Å². The minimum Gasteiger partial charge on any atom is -0.480 e. The Hall–Kier alpha value is -1.88. The zero-order chi connectivity index (χ0) is 15.5. The van der Waals surface area contributed by atoms with Crippen molar-refractivity contribution in [3.8, 4) is 0 Å². The molecule has 114 valence electrons. The number of amides is 1. The summed E-state index contributed by atoms with van der Waals surface area (Å²) in [6.45, 7) is 1.66. The van der Waals surface area contributed by atoms with E-state index in [2.05, 4.69) is 5.32 Å². The Morgan fingerprint density at radius 1 is 1.33 bits per heavy atom. The van der Waals surface area contributed by atoms with E-state index in [1.165, 1.54) is 4.90 Å². The van der Waals surface area contributed by atoms with Crippen molar-refractivity contribution in [3.63, 3.8) is 0 Å². The maximum absolute atomic E-state index is 12.2. The normalized spacial score (nSPS) is 17.9. The first kappa shape index (κ1) is 15.5. The van der Waals surface area contributed by atoms with Gasteiger partial charge in [-0.25, -0.2) is 0 Å². The molecule has 5 heteroatoms. The van der Waals surface area contributed by atoms with Crippen molar-refractivity contribution in [2.45, 2.75) is 37.8 Å². The van der Waals surface area contributed by atoms with Gasteiger partial charge in [0.2, 0.25) is 5.91 Å². The van der Waals surface area contributed by atoms with E-state index in [4.69, 9.17) is 5.11 Å². The summed E-state index contributed by atoms with van der Waals surface area (Å²) in [4.78, 5) is 24.7. The van der Waals surface area contributed by atoms with Gasteiger partial charge < -0.3 is 10.4 Å². The molecule has 1 unspecified atom stereocenters. The number of nitrogens with zero attached hydrogens (tertiary/aromatic N) is 1. The molecule has 1 aromatic rings. The van der Waals surface area contributed by atoms with Crippen molar-refractivity contribution in [2.75, 3.05) is 13.6 Å². The predicted molar refractivity (Wildman–Crippen MR) is 79.8 cm³/mol. The first-order valence-corrected chi connectivity index (χ1v) is 7.24. The van der Waals surface area contributed by atoms with Crippen LogP contribution in [0, 0.1) is 0 Å². The number of aliphatic carboxylic acids is 1. The summed E-state index contributed by atoms with van der Waals surface area (Å²) in [7, 11) is 1.65. The molecule has 1 saturated carbocycles. The molecule has 1 amide bonds. The second kappa shape index (κ2) is 6.26. The Kier molecular flexibility index (Phi) is 4.63. The third-order valence-electron chi connectivity index (χ3n) is 4.32. The minimum absolute atomic E-state index is 0.0854. The van der Waals surface area contributed by atoms with Crippen molar-refractivity contribution in [3.05, 3.63) is 35.9 Å². The molecule has 5 nitrogen and oxygen atoms in total. The first-order chi connectivity index (χ1) is 9.94. The van der Waals surface area contributed by atoms with Gasteiger partial charge in [-0.3, -0.25) is 14.5 Å². The Morgan fingerprint density at radius 3 is 2.43 bits per heavy atom. The third-order valence-corrected chi connectivity index (χ3v) is 4.32. The van der Waals surface area contributed by atoms with E-state index in [0.29, 0.717) is 0 Å². The highest BCUT2D eigenvalue weighted by atomic mass is 16.4. The molecule has 2 rings (SSSR count). The van der Waals surface area contributed by atoms with Crippen molar-refractivity contribution in [2.24, 2.45) is 0 Å². The lowest BCUT2D eigenvalue weighted by Gasteiger charge is -2.43. The molecule has 0 spiro atoms. The van der Waals surface area contributed by atoms with Crippen LogP contribution in [0.15, 0.2) is 30.3 Å². The highest BCUT2D eigenvalue weighted by molar-refractivity contribution is 5.80. The largest absolute Gasteiger partial charge is 0.480 e. The lowest BCUT2D eigenvalue weighted by molar-refractivity contribution is -0.142. The number of carboxylic acid groups (broad SMARTS) is 1. The Bertz CT molecular complexity index is 512. The number of likely N-dealkylation sites (N-methyl/N-ethyl adjacent to an activating group) is 1. The van der Waals surface area contributed by atoms with E-state index in [0.717, 1.165) is 24.8 Å². The van der Waals surface area contributed by atoms with E-state index >= 15 is 0 Å². The molecule has 0 heterocycles. The summed E-state index contributed by atoms with van der Waals surface area (Å²) < 4.78 is 0. The summed E-state index contributed by atoms with van der Waals surface area (Å²) in [5.74, 6) is -1.05. The van der Waals surface area contributed by atoms with Crippen LogP contribution in [0.4, 0.5) is 0 Å². The maximum Gasteiger partial charge on any atom is 0.320 e. The Balaban J connectivity index is 2.00. The van der Waals surface area contributed by atoms with E-state index in [9.17, 15) is 9.59 Å². The van der Waals surface area contributed by atoms with E-state index in [-0.39, 0.29) is 18.0 Å². The van der Waals surface area contributed by atoms with Crippen molar-refractivity contribution in [1.82, 2.24) is 10.2 Å². The number of benzene rings is 1. The molecule has 0 bridgehead atoms. The second-order valence-electron chi connectivity index (χ2n) is 5.78. The molecule has 1 aliphatic rings. The van der Waals surface area contributed by atoms with E-state index in [1.54, 1.807) is 14.0 Å². The van der Waals surface area contributed by atoms with Crippen LogP contribution in [-0.4, -0.2) is 41.5 Å². The van der Waals surface area contributed by atoms with Gasteiger partial charge in [0.25, 0.3) is 0 Å². The van der Waals surface area contributed by atoms with Crippen molar-refractivity contribution < 1.29 is 14.7 Å². The monoisotopic (exact) mass is 290 g/mol. The highest BCUT2D eigenvalue weighted by Crippen LogP contribution is 2.41. The number of rotatable bonds is 6. The van der Waals surface area contributed by atoms with Crippen molar-refractivity contribution >= 4 is 11.9 Å². The van der Waals surface area contributed by atoms with Gasteiger partial charge >= 0.3 is 5.97 Å². The lowest BCUT2D eigenvalue weighted by Crippen LogP contribution is -2.54. The fourth-order valence-corrected chi connectivity index (χ4v) is 2.63. The second-order valence-corrected chi connectivity index (χ2v) is 5.78. The van der Waals surface area contributed by atoms with Gasteiger partial charge in [0.15, 0.2) is 0 Å². The zero-order valence-corrected chi connectivity index (χ0v) is 12.5.